The van der Waals surface area contributed by atoms with Gasteiger partial charge in [0.05, 0.1) is 6.54 Å². The number of nitrogens with one attached hydrogen (secondary N) is 3. The van der Waals surface area contributed by atoms with Crippen molar-refractivity contribution >= 4 is 58.1 Å². The summed E-state index contributed by atoms with van der Waals surface area (Å²) >= 11 is 6.12. The van der Waals surface area contributed by atoms with Crippen molar-refractivity contribution in [1.29, 1.82) is 0 Å². The van der Waals surface area contributed by atoms with Crippen molar-refractivity contribution in [2.45, 2.75) is 19.0 Å². The van der Waals surface area contributed by atoms with Crippen LogP contribution in [0, 0.1) is 0 Å². The largest absolute Gasteiger partial charge is 0.369 e. The molecular formula is C21H25ClIN5. The van der Waals surface area contributed by atoms with E-state index < -0.39 is 0 Å². The summed E-state index contributed by atoms with van der Waals surface area (Å²) in [6, 6.07) is 18.9. The normalized spacial score (nSPS) is 16.9. The van der Waals surface area contributed by atoms with E-state index in [0.29, 0.717) is 12.6 Å². The minimum Gasteiger partial charge on any atom is -0.369 e. The van der Waals surface area contributed by atoms with Gasteiger partial charge in [-0.1, -0.05) is 35.9 Å². The molecule has 2 aromatic carbocycles. The van der Waals surface area contributed by atoms with Crippen molar-refractivity contribution in [2.75, 3.05) is 25.0 Å². The van der Waals surface area contributed by atoms with Gasteiger partial charge in [0.1, 0.15) is 0 Å². The standard InChI is InChI=1S/C21H24ClN5.HI/c1-23-21(24-13-18-11-15-5-2-3-8-20(15)25-18)26-17-9-10-27(14-17)19-7-4-6-16(22)12-19;/h2-8,11-12,17,25H,9-10,13-14H2,1H3,(H2,23,24,26);1H. The Morgan fingerprint density at radius 3 is 2.86 bits per heavy atom. The first kappa shape index (κ1) is 20.8. The van der Waals surface area contributed by atoms with E-state index in [-0.39, 0.29) is 24.0 Å². The number of fused-ring (bicyclic) bond motifs is 1. The number of aromatic nitrogens is 1. The van der Waals surface area contributed by atoms with Crippen molar-refractivity contribution in [3.05, 3.63) is 65.3 Å². The lowest BCUT2D eigenvalue weighted by molar-refractivity contribution is 0.647. The van der Waals surface area contributed by atoms with Gasteiger partial charge in [-0.15, -0.1) is 24.0 Å². The molecule has 7 heteroatoms. The third-order valence-electron chi connectivity index (χ3n) is 4.96. The first-order valence-electron chi connectivity index (χ1n) is 9.25. The molecule has 1 aromatic heterocycles. The van der Waals surface area contributed by atoms with Gasteiger partial charge >= 0.3 is 0 Å². The second kappa shape index (κ2) is 9.52. The maximum Gasteiger partial charge on any atom is 0.191 e. The van der Waals surface area contributed by atoms with Gasteiger partial charge in [-0.25, -0.2) is 0 Å². The molecule has 148 valence electrons. The Labute approximate surface area is 187 Å². The summed E-state index contributed by atoms with van der Waals surface area (Å²) in [5, 5.41) is 8.94. The number of benzene rings is 2. The molecule has 28 heavy (non-hydrogen) atoms. The molecule has 0 spiro atoms. The third-order valence-corrected chi connectivity index (χ3v) is 5.19. The molecule has 0 saturated carbocycles. The fourth-order valence-electron chi connectivity index (χ4n) is 3.58. The number of hydrogen-bond acceptors (Lipinski definition) is 2. The van der Waals surface area contributed by atoms with Crippen LogP contribution in [0.4, 0.5) is 5.69 Å². The first-order valence-corrected chi connectivity index (χ1v) is 9.63. The number of nitrogens with zero attached hydrogens (tertiary/aromatic N) is 2. The highest BCUT2D eigenvalue weighted by molar-refractivity contribution is 14.0. The van der Waals surface area contributed by atoms with Crippen LogP contribution in [-0.4, -0.2) is 37.1 Å². The zero-order valence-corrected chi connectivity index (χ0v) is 18.9. The monoisotopic (exact) mass is 509 g/mol. The number of aliphatic imine (C=N–C) groups is 1. The minimum absolute atomic E-state index is 0. The van der Waals surface area contributed by atoms with E-state index in [1.165, 1.54) is 11.1 Å². The van der Waals surface area contributed by atoms with Crippen LogP contribution in [0.25, 0.3) is 10.9 Å². The zero-order chi connectivity index (χ0) is 18.6. The smallest absolute Gasteiger partial charge is 0.191 e. The molecular weight excluding hydrogens is 485 g/mol. The Balaban J connectivity index is 0.00000225. The van der Waals surface area contributed by atoms with E-state index in [9.17, 15) is 0 Å². The topological polar surface area (TPSA) is 55.5 Å². The van der Waals surface area contributed by atoms with Crippen molar-refractivity contribution in [1.82, 2.24) is 15.6 Å². The van der Waals surface area contributed by atoms with Crippen LogP contribution in [0.5, 0.6) is 0 Å². The summed E-state index contributed by atoms with van der Waals surface area (Å²) in [5.41, 5.74) is 3.48. The van der Waals surface area contributed by atoms with Gasteiger partial charge < -0.3 is 20.5 Å². The Kier molecular flexibility index (Phi) is 7.07. The van der Waals surface area contributed by atoms with Crippen molar-refractivity contribution in [3.8, 4) is 0 Å². The lowest BCUT2D eigenvalue weighted by Crippen LogP contribution is -2.44. The first-order chi connectivity index (χ1) is 13.2. The SMILES string of the molecule is CN=C(NCc1cc2ccccc2[nH]1)NC1CCN(c2cccc(Cl)c2)C1.I. The Hall–Kier alpha value is -1.93. The van der Waals surface area contributed by atoms with E-state index in [2.05, 4.69) is 55.8 Å². The Morgan fingerprint density at radius 1 is 1.21 bits per heavy atom. The van der Waals surface area contributed by atoms with Gasteiger partial charge in [0.2, 0.25) is 0 Å². The summed E-state index contributed by atoms with van der Waals surface area (Å²) < 4.78 is 0. The minimum atomic E-state index is 0. The van der Waals surface area contributed by atoms with Gasteiger partial charge in [-0.05, 0) is 42.1 Å². The summed E-state index contributed by atoms with van der Waals surface area (Å²) in [5.74, 6) is 0.826. The number of anilines is 1. The van der Waals surface area contributed by atoms with Crippen LogP contribution in [0.3, 0.4) is 0 Å². The number of aromatic amines is 1. The average molecular weight is 510 g/mol. The second-order valence-corrected chi connectivity index (χ2v) is 7.30. The van der Waals surface area contributed by atoms with E-state index in [1.807, 2.05) is 31.3 Å². The molecule has 0 aliphatic carbocycles. The number of hydrogen-bond donors (Lipinski definition) is 3. The molecule has 1 unspecified atom stereocenters. The number of halogens is 2. The highest BCUT2D eigenvalue weighted by atomic mass is 127. The molecule has 5 nitrogen and oxygen atoms in total. The zero-order valence-electron chi connectivity index (χ0n) is 15.8. The highest BCUT2D eigenvalue weighted by Crippen LogP contribution is 2.23. The van der Waals surface area contributed by atoms with E-state index >= 15 is 0 Å². The van der Waals surface area contributed by atoms with E-state index in [0.717, 1.165) is 41.7 Å². The molecule has 1 aliphatic heterocycles. The van der Waals surface area contributed by atoms with Crippen LogP contribution in [-0.2, 0) is 6.54 Å². The molecule has 2 heterocycles. The lowest BCUT2D eigenvalue weighted by atomic mass is 10.2. The third kappa shape index (κ3) is 4.91. The molecule has 0 amide bonds. The maximum absolute atomic E-state index is 6.12. The van der Waals surface area contributed by atoms with Crippen LogP contribution in [0.1, 0.15) is 12.1 Å². The summed E-state index contributed by atoms with van der Waals surface area (Å²) in [6.45, 7) is 2.66. The van der Waals surface area contributed by atoms with Crippen LogP contribution in [0.15, 0.2) is 59.6 Å². The lowest BCUT2D eigenvalue weighted by Gasteiger charge is -2.20. The molecule has 0 bridgehead atoms. The van der Waals surface area contributed by atoms with E-state index in [1.54, 1.807) is 0 Å². The Morgan fingerprint density at radius 2 is 2.07 bits per heavy atom. The van der Waals surface area contributed by atoms with Gasteiger partial charge in [0.25, 0.3) is 0 Å². The number of rotatable bonds is 4. The van der Waals surface area contributed by atoms with Crippen molar-refractivity contribution < 1.29 is 0 Å². The van der Waals surface area contributed by atoms with Crippen molar-refractivity contribution in [2.24, 2.45) is 4.99 Å². The Bertz CT molecular complexity index is 922. The molecule has 0 radical (unpaired) electrons. The molecule has 4 rings (SSSR count). The quantitative estimate of drug-likeness (QED) is 0.278. The van der Waals surface area contributed by atoms with Crippen LogP contribution >= 0.6 is 35.6 Å². The maximum atomic E-state index is 6.12. The summed E-state index contributed by atoms with van der Waals surface area (Å²) in [6.07, 6.45) is 1.07. The number of H-pyrrole nitrogens is 1. The highest BCUT2D eigenvalue weighted by Gasteiger charge is 2.23. The number of guanidine groups is 1. The fourth-order valence-corrected chi connectivity index (χ4v) is 3.77. The average Bonchev–Trinajstić information content (AvgIpc) is 3.31. The summed E-state index contributed by atoms with van der Waals surface area (Å²) in [7, 11) is 1.81. The summed E-state index contributed by atoms with van der Waals surface area (Å²) in [4.78, 5) is 10.2. The van der Waals surface area contributed by atoms with Gasteiger partial charge in [-0.3, -0.25) is 4.99 Å². The predicted octanol–water partition coefficient (Wildman–Crippen LogP) is 4.38. The van der Waals surface area contributed by atoms with Crippen LogP contribution in [0.2, 0.25) is 5.02 Å². The van der Waals surface area contributed by atoms with Gasteiger partial charge in [-0.2, -0.15) is 0 Å². The molecule has 3 N–H and O–H groups in total. The van der Waals surface area contributed by atoms with Crippen molar-refractivity contribution in [3.63, 3.8) is 0 Å². The number of para-hydroxylation sites is 1. The molecule has 1 saturated heterocycles. The van der Waals surface area contributed by atoms with Gasteiger partial charge in [0, 0.05) is 48.1 Å². The second-order valence-electron chi connectivity index (χ2n) is 6.86. The molecule has 1 atom stereocenters. The fraction of sp³-hybridized carbons (Fsp3) is 0.286. The van der Waals surface area contributed by atoms with Crippen LogP contribution < -0.4 is 15.5 Å². The van der Waals surface area contributed by atoms with E-state index in [4.69, 9.17) is 11.6 Å². The predicted molar refractivity (Wildman–Crippen MR) is 129 cm³/mol. The van der Waals surface area contributed by atoms with Gasteiger partial charge in [0.15, 0.2) is 5.96 Å². The molecule has 1 fully saturated rings. The molecule has 1 aliphatic rings. The molecule has 3 aromatic rings.